The molecule has 28 heavy (non-hydrogen) atoms. The summed E-state index contributed by atoms with van der Waals surface area (Å²) in [6.45, 7) is 0. The summed E-state index contributed by atoms with van der Waals surface area (Å²) < 4.78 is 2.06. The molecule has 0 spiro atoms. The first kappa shape index (κ1) is 16.6. The van der Waals surface area contributed by atoms with E-state index in [2.05, 4.69) is 29.9 Å². The fourth-order valence-corrected chi connectivity index (χ4v) is 3.54. The molecule has 1 aromatic carbocycles. The molecule has 138 valence electrons. The highest BCUT2D eigenvalue weighted by molar-refractivity contribution is 6.02. The standard InChI is InChI=1S/C21H18N6O/c28-20(17-6-3-4-12-22-17)23-15-10-8-14(9-11-15)18-13-27-19-7-2-1-5-16(19)25-26-21(27)24-18/h3-4,6,8-13H,1-2,5,7H2,(H,23,28). The second kappa shape index (κ2) is 6.84. The van der Waals surface area contributed by atoms with Crippen molar-refractivity contribution in [3.63, 3.8) is 0 Å². The zero-order valence-electron chi connectivity index (χ0n) is 15.2. The number of pyridine rings is 1. The summed E-state index contributed by atoms with van der Waals surface area (Å²) in [5, 5.41) is 11.5. The Balaban J connectivity index is 1.40. The fourth-order valence-electron chi connectivity index (χ4n) is 3.54. The van der Waals surface area contributed by atoms with E-state index in [9.17, 15) is 4.79 Å². The predicted molar refractivity (Wildman–Crippen MR) is 105 cm³/mol. The Morgan fingerprint density at radius 1 is 1.00 bits per heavy atom. The molecule has 0 unspecified atom stereocenters. The molecule has 0 saturated heterocycles. The van der Waals surface area contributed by atoms with Crippen LogP contribution in [0.4, 0.5) is 5.69 Å². The van der Waals surface area contributed by atoms with E-state index in [-0.39, 0.29) is 5.91 Å². The van der Waals surface area contributed by atoms with Crippen LogP contribution in [0.5, 0.6) is 0 Å². The number of carbonyl (C=O) groups excluding carboxylic acids is 1. The lowest BCUT2D eigenvalue weighted by molar-refractivity contribution is 0.102. The van der Waals surface area contributed by atoms with Crippen molar-refractivity contribution < 1.29 is 4.79 Å². The van der Waals surface area contributed by atoms with E-state index in [0.29, 0.717) is 17.2 Å². The van der Waals surface area contributed by atoms with Crippen LogP contribution in [0.3, 0.4) is 0 Å². The number of rotatable bonds is 3. The topological polar surface area (TPSA) is 85.1 Å². The van der Waals surface area contributed by atoms with E-state index in [4.69, 9.17) is 0 Å². The van der Waals surface area contributed by atoms with Crippen molar-refractivity contribution in [2.24, 2.45) is 0 Å². The number of aryl methyl sites for hydroxylation is 2. The zero-order chi connectivity index (χ0) is 18.9. The average molecular weight is 370 g/mol. The van der Waals surface area contributed by atoms with Gasteiger partial charge in [-0.25, -0.2) is 4.98 Å². The number of carbonyl (C=O) groups is 1. The monoisotopic (exact) mass is 370 g/mol. The third-order valence-electron chi connectivity index (χ3n) is 4.98. The lowest BCUT2D eigenvalue weighted by Gasteiger charge is -2.14. The molecule has 0 radical (unpaired) electrons. The highest BCUT2D eigenvalue weighted by Gasteiger charge is 2.17. The number of fused-ring (bicyclic) bond motifs is 3. The molecule has 5 rings (SSSR count). The van der Waals surface area contributed by atoms with Crippen LogP contribution in [0.2, 0.25) is 0 Å². The maximum Gasteiger partial charge on any atom is 0.274 e. The molecule has 1 aliphatic carbocycles. The number of hydrogen-bond acceptors (Lipinski definition) is 5. The number of nitrogens with zero attached hydrogens (tertiary/aromatic N) is 5. The van der Waals surface area contributed by atoms with Gasteiger partial charge in [0.1, 0.15) is 5.69 Å². The number of imidazole rings is 1. The smallest absolute Gasteiger partial charge is 0.274 e. The lowest BCUT2D eigenvalue weighted by atomic mass is 10.0. The number of amides is 1. The van der Waals surface area contributed by atoms with Crippen molar-refractivity contribution in [3.8, 4) is 11.3 Å². The Kier molecular flexibility index (Phi) is 4.05. The normalized spacial score (nSPS) is 13.3. The van der Waals surface area contributed by atoms with Crippen molar-refractivity contribution in [1.82, 2.24) is 24.6 Å². The second-order valence-corrected chi connectivity index (χ2v) is 6.84. The van der Waals surface area contributed by atoms with Crippen molar-refractivity contribution in [3.05, 3.63) is 71.9 Å². The first-order chi connectivity index (χ1) is 13.8. The Labute approximate surface area is 161 Å². The zero-order valence-corrected chi connectivity index (χ0v) is 15.2. The Morgan fingerprint density at radius 3 is 2.68 bits per heavy atom. The Morgan fingerprint density at radius 2 is 1.86 bits per heavy atom. The number of benzene rings is 1. The molecule has 3 heterocycles. The van der Waals surface area contributed by atoms with Crippen LogP contribution >= 0.6 is 0 Å². The SMILES string of the molecule is O=C(Nc1ccc(-c2cn3c4c(nnc3n2)CCCC4)cc1)c1ccccn1. The predicted octanol–water partition coefficient (Wildman–Crippen LogP) is 3.32. The van der Waals surface area contributed by atoms with E-state index < -0.39 is 0 Å². The van der Waals surface area contributed by atoms with Crippen LogP contribution in [0.15, 0.2) is 54.9 Å². The first-order valence-corrected chi connectivity index (χ1v) is 9.34. The molecular formula is C21H18N6O. The van der Waals surface area contributed by atoms with E-state index in [1.54, 1.807) is 24.4 Å². The van der Waals surface area contributed by atoms with Crippen LogP contribution in [-0.2, 0) is 12.8 Å². The second-order valence-electron chi connectivity index (χ2n) is 6.84. The molecule has 0 aliphatic heterocycles. The summed E-state index contributed by atoms with van der Waals surface area (Å²) in [7, 11) is 0. The van der Waals surface area contributed by atoms with Gasteiger partial charge in [-0.05, 0) is 49.9 Å². The van der Waals surface area contributed by atoms with Gasteiger partial charge < -0.3 is 5.32 Å². The molecule has 1 aliphatic rings. The van der Waals surface area contributed by atoms with E-state index in [1.807, 2.05) is 30.5 Å². The van der Waals surface area contributed by atoms with Crippen LogP contribution in [0.25, 0.3) is 17.0 Å². The molecule has 0 fully saturated rings. The third-order valence-corrected chi connectivity index (χ3v) is 4.98. The number of anilines is 1. The molecular weight excluding hydrogens is 352 g/mol. The molecule has 3 aromatic heterocycles. The number of hydrogen-bond donors (Lipinski definition) is 1. The van der Waals surface area contributed by atoms with Gasteiger partial charge in [-0.15, -0.1) is 5.10 Å². The van der Waals surface area contributed by atoms with Gasteiger partial charge in [-0.3, -0.25) is 14.2 Å². The van der Waals surface area contributed by atoms with E-state index >= 15 is 0 Å². The van der Waals surface area contributed by atoms with Crippen molar-refractivity contribution >= 4 is 17.4 Å². The van der Waals surface area contributed by atoms with Gasteiger partial charge in [-0.1, -0.05) is 18.2 Å². The minimum absolute atomic E-state index is 0.233. The average Bonchev–Trinajstić information content (AvgIpc) is 3.20. The molecule has 1 amide bonds. The highest BCUT2D eigenvalue weighted by atomic mass is 16.1. The summed E-state index contributed by atoms with van der Waals surface area (Å²) in [5.74, 6) is 0.395. The summed E-state index contributed by atoms with van der Waals surface area (Å²) >= 11 is 0. The van der Waals surface area contributed by atoms with Crippen molar-refractivity contribution in [2.75, 3.05) is 5.32 Å². The van der Waals surface area contributed by atoms with Gasteiger partial charge in [0.15, 0.2) is 0 Å². The van der Waals surface area contributed by atoms with E-state index in [1.165, 1.54) is 18.5 Å². The molecule has 1 N–H and O–H groups in total. The number of aromatic nitrogens is 5. The van der Waals surface area contributed by atoms with Gasteiger partial charge >= 0.3 is 0 Å². The Bertz CT molecular complexity index is 1150. The van der Waals surface area contributed by atoms with E-state index in [0.717, 1.165) is 29.8 Å². The highest BCUT2D eigenvalue weighted by Crippen LogP contribution is 2.24. The van der Waals surface area contributed by atoms with Gasteiger partial charge in [0.2, 0.25) is 0 Å². The summed E-state index contributed by atoms with van der Waals surface area (Å²) in [6, 6.07) is 12.9. The van der Waals surface area contributed by atoms with Crippen LogP contribution in [0, 0.1) is 0 Å². The van der Waals surface area contributed by atoms with Crippen LogP contribution < -0.4 is 5.32 Å². The van der Waals surface area contributed by atoms with Crippen LogP contribution in [-0.4, -0.2) is 30.5 Å². The molecule has 0 saturated carbocycles. The minimum Gasteiger partial charge on any atom is -0.321 e. The molecule has 0 atom stereocenters. The largest absolute Gasteiger partial charge is 0.321 e. The summed E-state index contributed by atoms with van der Waals surface area (Å²) in [4.78, 5) is 20.9. The third kappa shape index (κ3) is 3.00. The fraction of sp³-hybridized carbons (Fsp3) is 0.190. The first-order valence-electron chi connectivity index (χ1n) is 9.34. The van der Waals surface area contributed by atoms with Crippen molar-refractivity contribution in [2.45, 2.75) is 25.7 Å². The molecule has 7 nitrogen and oxygen atoms in total. The maximum absolute atomic E-state index is 12.2. The van der Waals surface area contributed by atoms with Gasteiger partial charge in [0.25, 0.3) is 11.7 Å². The number of nitrogens with one attached hydrogen (secondary N) is 1. The molecule has 7 heteroatoms. The van der Waals surface area contributed by atoms with Crippen LogP contribution in [0.1, 0.15) is 34.7 Å². The van der Waals surface area contributed by atoms with Crippen molar-refractivity contribution in [1.29, 1.82) is 0 Å². The molecule has 4 aromatic rings. The maximum atomic E-state index is 12.2. The Hall–Kier alpha value is -3.61. The van der Waals surface area contributed by atoms with Gasteiger partial charge in [-0.2, -0.15) is 5.10 Å². The summed E-state index contributed by atoms with van der Waals surface area (Å²) in [6.07, 6.45) is 7.96. The van der Waals surface area contributed by atoms with Gasteiger partial charge in [0, 0.05) is 29.3 Å². The van der Waals surface area contributed by atoms with Gasteiger partial charge in [0.05, 0.1) is 11.4 Å². The quantitative estimate of drug-likeness (QED) is 0.598. The summed E-state index contributed by atoms with van der Waals surface area (Å²) in [5.41, 5.74) is 5.20. The molecule has 0 bridgehead atoms. The lowest BCUT2D eigenvalue weighted by Crippen LogP contribution is -2.13. The minimum atomic E-state index is -0.233.